The minimum atomic E-state index is -0.517. The summed E-state index contributed by atoms with van der Waals surface area (Å²) < 4.78 is 23.6. The molecule has 36 heavy (non-hydrogen) atoms. The molecule has 0 N–H and O–H groups in total. The number of nitrogens with zero attached hydrogens (tertiary/aromatic N) is 5. The van der Waals surface area contributed by atoms with Crippen LogP contribution in [0.3, 0.4) is 0 Å². The van der Waals surface area contributed by atoms with Gasteiger partial charge in [0, 0.05) is 68.4 Å². The van der Waals surface area contributed by atoms with Crippen molar-refractivity contribution in [3.8, 4) is 22.9 Å². The van der Waals surface area contributed by atoms with Gasteiger partial charge >= 0.3 is 5.97 Å². The van der Waals surface area contributed by atoms with Crippen LogP contribution in [0, 0.1) is 0 Å². The summed E-state index contributed by atoms with van der Waals surface area (Å²) in [5.74, 6) is 1.46. The van der Waals surface area contributed by atoms with Crippen molar-refractivity contribution in [2.24, 2.45) is 7.05 Å². The minimum absolute atomic E-state index is 0.234. The number of esters is 1. The van der Waals surface area contributed by atoms with E-state index in [4.69, 9.17) is 23.9 Å². The van der Waals surface area contributed by atoms with Crippen molar-refractivity contribution < 1.29 is 23.7 Å². The van der Waals surface area contributed by atoms with E-state index in [2.05, 4.69) is 10.1 Å². The van der Waals surface area contributed by atoms with Gasteiger partial charge in [0.15, 0.2) is 5.82 Å². The van der Waals surface area contributed by atoms with Gasteiger partial charge in [0.05, 0.1) is 44.6 Å². The van der Waals surface area contributed by atoms with E-state index in [-0.39, 0.29) is 12.6 Å². The van der Waals surface area contributed by atoms with Crippen LogP contribution in [-0.2, 0) is 21.3 Å². The Labute approximate surface area is 209 Å². The van der Waals surface area contributed by atoms with Crippen LogP contribution in [-0.4, -0.2) is 66.3 Å². The first-order chi connectivity index (χ1) is 17.4. The topological polar surface area (TPSA) is 101 Å². The third kappa shape index (κ3) is 5.72. The lowest BCUT2D eigenvalue weighted by Crippen LogP contribution is -2.35. The Morgan fingerprint density at radius 3 is 2.39 bits per heavy atom. The number of aromatic nitrogens is 4. The second-order valence-corrected chi connectivity index (χ2v) is 8.21. The van der Waals surface area contributed by atoms with Crippen LogP contribution in [0.2, 0.25) is 0 Å². The molecule has 4 aromatic rings. The fourth-order valence-corrected chi connectivity index (χ4v) is 3.91. The Balaban J connectivity index is 1.81. The van der Waals surface area contributed by atoms with E-state index in [0.29, 0.717) is 23.9 Å². The number of fused-ring (bicyclic) bond motifs is 1. The number of hydrogen-bond acceptors (Lipinski definition) is 9. The molecule has 0 bridgehead atoms. The van der Waals surface area contributed by atoms with Crippen LogP contribution in [0.25, 0.3) is 22.3 Å². The molecule has 2 heterocycles. The average Bonchev–Trinajstić information content (AvgIpc) is 3.32. The number of anilines is 2. The van der Waals surface area contributed by atoms with E-state index in [1.165, 1.54) is 6.92 Å². The first-order valence-electron chi connectivity index (χ1n) is 11.3. The molecule has 0 spiro atoms. The molecule has 0 aliphatic carbocycles. The van der Waals surface area contributed by atoms with Crippen molar-refractivity contribution in [1.29, 1.82) is 0 Å². The molecule has 1 atom stereocenters. The Morgan fingerprint density at radius 1 is 1.03 bits per heavy atom. The van der Waals surface area contributed by atoms with Crippen molar-refractivity contribution in [1.82, 2.24) is 19.7 Å². The molecule has 0 saturated carbocycles. The Bertz CT molecular complexity index is 1330. The van der Waals surface area contributed by atoms with E-state index in [0.717, 1.165) is 27.8 Å². The molecule has 2 aromatic heterocycles. The van der Waals surface area contributed by atoms with Crippen molar-refractivity contribution in [2.45, 2.75) is 13.0 Å². The van der Waals surface area contributed by atoms with Crippen LogP contribution in [0.5, 0.6) is 11.5 Å². The number of benzene rings is 2. The zero-order chi connectivity index (χ0) is 25.7. The zero-order valence-corrected chi connectivity index (χ0v) is 21.0. The molecule has 0 amide bonds. The van der Waals surface area contributed by atoms with Crippen molar-refractivity contribution in [3.05, 3.63) is 55.0 Å². The average molecular weight is 492 g/mol. The summed E-state index contributed by atoms with van der Waals surface area (Å²) >= 11 is 0. The SMILES string of the molecule is COC[C@H](CN(c1cc(OC)cc(OC)c1)c1ccc2cnc(-c3cnn(C)c3)nc2c1)OC(C)=O. The molecular weight excluding hydrogens is 462 g/mol. The lowest BCUT2D eigenvalue weighted by molar-refractivity contribution is -0.148. The standard InChI is InChI=1S/C26H29N5O5/c1-17(32)36-24(16-33-3)15-31(21-8-22(34-4)11-23(9-21)35-5)20-7-6-18-12-27-26(29-25(18)10-20)19-13-28-30(2)14-19/h6-14,24H,15-16H2,1-5H3/t24-/m0/s1. The number of carbonyl (C=O) groups excluding carboxylic acids is 1. The van der Waals surface area contributed by atoms with E-state index in [1.807, 2.05) is 48.5 Å². The van der Waals surface area contributed by atoms with Crippen molar-refractivity contribution >= 4 is 28.2 Å². The van der Waals surface area contributed by atoms with E-state index >= 15 is 0 Å². The predicted molar refractivity (Wildman–Crippen MR) is 136 cm³/mol. The summed E-state index contributed by atoms with van der Waals surface area (Å²) in [5.41, 5.74) is 3.22. The van der Waals surface area contributed by atoms with Crippen LogP contribution < -0.4 is 14.4 Å². The highest BCUT2D eigenvalue weighted by Crippen LogP contribution is 2.34. The molecule has 0 unspecified atom stereocenters. The van der Waals surface area contributed by atoms with Crippen LogP contribution in [0.4, 0.5) is 11.4 Å². The number of ether oxygens (including phenoxy) is 4. The number of rotatable bonds is 10. The summed E-state index contributed by atoms with van der Waals surface area (Å²) in [7, 11) is 6.62. The summed E-state index contributed by atoms with van der Waals surface area (Å²) in [6, 6.07) is 11.5. The predicted octanol–water partition coefficient (Wildman–Crippen LogP) is 3.76. The summed E-state index contributed by atoms with van der Waals surface area (Å²) in [5, 5.41) is 5.11. The largest absolute Gasteiger partial charge is 0.497 e. The van der Waals surface area contributed by atoms with Crippen LogP contribution in [0.15, 0.2) is 55.0 Å². The molecule has 10 heteroatoms. The Hall–Kier alpha value is -4.18. The van der Waals surface area contributed by atoms with Crippen molar-refractivity contribution in [2.75, 3.05) is 39.4 Å². The van der Waals surface area contributed by atoms with Gasteiger partial charge in [-0.2, -0.15) is 5.10 Å². The summed E-state index contributed by atoms with van der Waals surface area (Å²) in [6.07, 6.45) is 4.87. The minimum Gasteiger partial charge on any atom is -0.497 e. The smallest absolute Gasteiger partial charge is 0.303 e. The van der Waals surface area contributed by atoms with Gasteiger partial charge in [-0.1, -0.05) is 0 Å². The fraction of sp³-hybridized carbons (Fsp3) is 0.308. The van der Waals surface area contributed by atoms with Crippen LogP contribution >= 0.6 is 0 Å². The molecular formula is C26H29N5O5. The second kappa shape index (κ2) is 11.0. The van der Waals surface area contributed by atoms with Gasteiger partial charge in [-0.15, -0.1) is 0 Å². The number of hydrogen-bond donors (Lipinski definition) is 0. The molecule has 4 rings (SSSR count). The lowest BCUT2D eigenvalue weighted by atomic mass is 10.1. The van der Waals surface area contributed by atoms with Gasteiger partial charge < -0.3 is 23.8 Å². The van der Waals surface area contributed by atoms with Gasteiger partial charge in [-0.05, 0) is 18.2 Å². The van der Waals surface area contributed by atoms with E-state index in [1.54, 1.807) is 44.5 Å². The fourth-order valence-electron chi connectivity index (χ4n) is 3.91. The molecule has 0 fully saturated rings. The van der Waals surface area contributed by atoms with Crippen molar-refractivity contribution in [3.63, 3.8) is 0 Å². The maximum atomic E-state index is 11.8. The van der Waals surface area contributed by atoms with Gasteiger partial charge in [0.25, 0.3) is 0 Å². The molecule has 0 aliphatic heterocycles. The van der Waals surface area contributed by atoms with E-state index < -0.39 is 6.10 Å². The number of aryl methyl sites for hydroxylation is 1. The quantitative estimate of drug-likeness (QED) is 0.307. The Kier molecular flexibility index (Phi) is 7.65. The van der Waals surface area contributed by atoms with Crippen LogP contribution in [0.1, 0.15) is 6.92 Å². The molecule has 188 valence electrons. The van der Waals surface area contributed by atoms with Gasteiger partial charge in [-0.25, -0.2) is 9.97 Å². The zero-order valence-electron chi connectivity index (χ0n) is 21.0. The third-order valence-corrected chi connectivity index (χ3v) is 5.56. The number of carbonyl (C=O) groups is 1. The molecule has 2 aromatic carbocycles. The highest BCUT2D eigenvalue weighted by molar-refractivity contribution is 5.84. The first-order valence-corrected chi connectivity index (χ1v) is 11.3. The Morgan fingerprint density at radius 2 is 1.78 bits per heavy atom. The highest BCUT2D eigenvalue weighted by atomic mass is 16.6. The second-order valence-electron chi connectivity index (χ2n) is 8.21. The molecule has 0 saturated heterocycles. The maximum absolute atomic E-state index is 11.8. The maximum Gasteiger partial charge on any atom is 0.303 e. The van der Waals surface area contributed by atoms with Gasteiger partial charge in [0.2, 0.25) is 0 Å². The third-order valence-electron chi connectivity index (χ3n) is 5.56. The van der Waals surface area contributed by atoms with E-state index in [9.17, 15) is 4.79 Å². The van der Waals surface area contributed by atoms with Gasteiger partial charge in [0.1, 0.15) is 17.6 Å². The molecule has 10 nitrogen and oxygen atoms in total. The summed E-state index contributed by atoms with van der Waals surface area (Å²) in [4.78, 5) is 23.1. The first kappa shape index (κ1) is 24.9. The summed E-state index contributed by atoms with van der Waals surface area (Å²) in [6.45, 7) is 1.95. The highest BCUT2D eigenvalue weighted by Gasteiger charge is 2.21. The number of methoxy groups -OCH3 is 3. The molecule has 0 radical (unpaired) electrons. The normalized spacial score (nSPS) is 11.8. The van der Waals surface area contributed by atoms with Gasteiger partial charge in [-0.3, -0.25) is 9.48 Å². The lowest BCUT2D eigenvalue weighted by Gasteiger charge is -2.29. The monoisotopic (exact) mass is 491 g/mol. The molecule has 0 aliphatic rings.